The van der Waals surface area contributed by atoms with Crippen molar-refractivity contribution in [2.24, 2.45) is 5.92 Å². The van der Waals surface area contributed by atoms with Gasteiger partial charge in [0.1, 0.15) is 0 Å². The van der Waals surface area contributed by atoms with E-state index in [0.29, 0.717) is 30.4 Å². The highest BCUT2D eigenvalue weighted by molar-refractivity contribution is 5.36. The SMILES string of the molecule is CNc1nc(OCC2CCCCC2)nc(N(C)C)n1. The van der Waals surface area contributed by atoms with Crippen LogP contribution in [0.1, 0.15) is 32.1 Å². The van der Waals surface area contributed by atoms with E-state index >= 15 is 0 Å². The van der Waals surface area contributed by atoms with Crippen molar-refractivity contribution in [1.82, 2.24) is 15.0 Å². The second-order valence-corrected chi connectivity index (χ2v) is 5.20. The number of aromatic nitrogens is 3. The second-order valence-electron chi connectivity index (χ2n) is 5.20. The van der Waals surface area contributed by atoms with Crippen LogP contribution >= 0.6 is 0 Å². The standard InChI is InChI=1S/C13H23N5O/c1-14-11-15-12(18(2)3)17-13(16-11)19-9-10-7-5-4-6-8-10/h10H,4-9H2,1-3H3,(H,14,15,16,17). The Morgan fingerprint density at radius 3 is 2.53 bits per heavy atom. The first kappa shape index (κ1) is 13.8. The van der Waals surface area contributed by atoms with E-state index < -0.39 is 0 Å². The fourth-order valence-electron chi connectivity index (χ4n) is 2.27. The average Bonchev–Trinajstić information content (AvgIpc) is 2.45. The first-order valence-corrected chi connectivity index (χ1v) is 6.93. The first-order chi connectivity index (χ1) is 9.19. The minimum atomic E-state index is 0.411. The molecule has 2 rings (SSSR count). The zero-order chi connectivity index (χ0) is 13.7. The summed E-state index contributed by atoms with van der Waals surface area (Å²) in [6.45, 7) is 0.708. The third-order valence-electron chi connectivity index (χ3n) is 3.40. The molecular formula is C13H23N5O. The van der Waals surface area contributed by atoms with Crippen LogP contribution in [-0.4, -0.2) is 42.7 Å². The molecular weight excluding hydrogens is 242 g/mol. The Balaban J connectivity index is 2.00. The number of rotatable bonds is 5. The summed E-state index contributed by atoms with van der Waals surface area (Å²) in [7, 11) is 5.60. The van der Waals surface area contributed by atoms with Crippen molar-refractivity contribution in [1.29, 1.82) is 0 Å². The molecule has 0 aromatic carbocycles. The summed E-state index contributed by atoms with van der Waals surface area (Å²) in [6.07, 6.45) is 6.50. The van der Waals surface area contributed by atoms with Crippen LogP contribution < -0.4 is 15.0 Å². The topological polar surface area (TPSA) is 63.2 Å². The quantitative estimate of drug-likeness (QED) is 0.877. The number of nitrogens with zero attached hydrogens (tertiary/aromatic N) is 4. The van der Waals surface area contributed by atoms with Crippen LogP contribution in [0.25, 0.3) is 0 Å². The van der Waals surface area contributed by atoms with Crippen LogP contribution in [0.15, 0.2) is 0 Å². The van der Waals surface area contributed by atoms with E-state index in [0.717, 1.165) is 0 Å². The third-order valence-corrected chi connectivity index (χ3v) is 3.40. The lowest BCUT2D eigenvalue weighted by Crippen LogP contribution is -2.19. The first-order valence-electron chi connectivity index (χ1n) is 6.93. The van der Waals surface area contributed by atoms with Gasteiger partial charge in [-0.1, -0.05) is 19.3 Å². The zero-order valence-electron chi connectivity index (χ0n) is 12.0. The monoisotopic (exact) mass is 265 g/mol. The van der Waals surface area contributed by atoms with Gasteiger partial charge in [-0.15, -0.1) is 0 Å². The molecule has 0 aliphatic heterocycles. The molecule has 1 N–H and O–H groups in total. The molecule has 0 saturated heterocycles. The number of hydrogen-bond donors (Lipinski definition) is 1. The second kappa shape index (κ2) is 6.54. The van der Waals surface area contributed by atoms with Crippen LogP contribution in [0.2, 0.25) is 0 Å². The van der Waals surface area contributed by atoms with Gasteiger partial charge in [0.15, 0.2) is 0 Å². The van der Waals surface area contributed by atoms with Gasteiger partial charge in [-0.3, -0.25) is 0 Å². The van der Waals surface area contributed by atoms with Crippen molar-refractivity contribution in [3.8, 4) is 6.01 Å². The highest BCUT2D eigenvalue weighted by Crippen LogP contribution is 2.24. The highest BCUT2D eigenvalue weighted by atomic mass is 16.5. The van der Waals surface area contributed by atoms with Gasteiger partial charge in [0, 0.05) is 21.1 Å². The van der Waals surface area contributed by atoms with Gasteiger partial charge in [-0.25, -0.2) is 0 Å². The number of ether oxygens (including phenoxy) is 1. The van der Waals surface area contributed by atoms with E-state index in [1.165, 1.54) is 32.1 Å². The van der Waals surface area contributed by atoms with Crippen molar-refractivity contribution in [2.75, 3.05) is 38.0 Å². The van der Waals surface area contributed by atoms with Crippen molar-refractivity contribution in [3.63, 3.8) is 0 Å². The lowest BCUT2D eigenvalue weighted by atomic mass is 9.90. The fraction of sp³-hybridized carbons (Fsp3) is 0.769. The summed E-state index contributed by atoms with van der Waals surface area (Å²) in [4.78, 5) is 14.6. The largest absolute Gasteiger partial charge is 0.463 e. The van der Waals surface area contributed by atoms with Crippen LogP contribution in [0, 0.1) is 5.92 Å². The van der Waals surface area contributed by atoms with Crippen LogP contribution in [0.4, 0.5) is 11.9 Å². The molecule has 0 unspecified atom stereocenters. The van der Waals surface area contributed by atoms with Gasteiger partial charge in [0.25, 0.3) is 0 Å². The highest BCUT2D eigenvalue weighted by Gasteiger charge is 2.15. The Morgan fingerprint density at radius 2 is 1.89 bits per heavy atom. The molecule has 1 fully saturated rings. The van der Waals surface area contributed by atoms with Crippen molar-refractivity contribution >= 4 is 11.9 Å². The van der Waals surface area contributed by atoms with E-state index in [-0.39, 0.29) is 0 Å². The maximum absolute atomic E-state index is 5.75. The van der Waals surface area contributed by atoms with E-state index in [1.807, 2.05) is 19.0 Å². The Bertz CT molecular complexity index is 404. The molecule has 1 aliphatic carbocycles. The van der Waals surface area contributed by atoms with Gasteiger partial charge >= 0.3 is 6.01 Å². The molecule has 106 valence electrons. The predicted molar refractivity (Wildman–Crippen MR) is 75.8 cm³/mol. The van der Waals surface area contributed by atoms with Crippen molar-refractivity contribution < 1.29 is 4.74 Å². The molecule has 6 heteroatoms. The molecule has 0 spiro atoms. The average molecular weight is 265 g/mol. The third kappa shape index (κ3) is 3.94. The molecule has 1 aliphatic rings. The summed E-state index contributed by atoms with van der Waals surface area (Å²) in [6, 6.07) is 0.411. The number of hydrogen-bond acceptors (Lipinski definition) is 6. The molecule has 0 atom stereocenters. The summed E-state index contributed by atoms with van der Waals surface area (Å²) in [5, 5.41) is 2.93. The van der Waals surface area contributed by atoms with Crippen LogP contribution in [-0.2, 0) is 0 Å². The predicted octanol–water partition coefficient (Wildman–Crippen LogP) is 1.94. The number of anilines is 2. The van der Waals surface area contributed by atoms with Crippen LogP contribution in [0.5, 0.6) is 6.01 Å². The van der Waals surface area contributed by atoms with Gasteiger partial charge in [0.2, 0.25) is 11.9 Å². The Labute approximate surface area is 114 Å². The van der Waals surface area contributed by atoms with Gasteiger partial charge < -0.3 is 15.0 Å². The van der Waals surface area contributed by atoms with Gasteiger partial charge in [-0.2, -0.15) is 15.0 Å². The molecule has 1 saturated carbocycles. The van der Waals surface area contributed by atoms with Crippen molar-refractivity contribution in [3.05, 3.63) is 0 Å². The summed E-state index contributed by atoms with van der Waals surface area (Å²) in [5.41, 5.74) is 0. The number of nitrogens with one attached hydrogen (secondary N) is 1. The van der Waals surface area contributed by atoms with Gasteiger partial charge in [0.05, 0.1) is 6.61 Å². The molecule has 0 amide bonds. The maximum atomic E-state index is 5.75. The smallest absolute Gasteiger partial charge is 0.323 e. The van der Waals surface area contributed by atoms with Crippen molar-refractivity contribution in [2.45, 2.75) is 32.1 Å². The zero-order valence-corrected chi connectivity index (χ0v) is 12.0. The molecule has 19 heavy (non-hydrogen) atoms. The molecule has 0 bridgehead atoms. The van der Waals surface area contributed by atoms with E-state index in [9.17, 15) is 0 Å². The maximum Gasteiger partial charge on any atom is 0.323 e. The normalized spacial score (nSPS) is 16.2. The summed E-state index contributed by atoms with van der Waals surface area (Å²) in [5.74, 6) is 1.79. The molecule has 1 heterocycles. The lowest BCUT2D eigenvalue weighted by Gasteiger charge is -2.21. The lowest BCUT2D eigenvalue weighted by molar-refractivity contribution is 0.196. The van der Waals surface area contributed by atoms with E-state index in [1.54, 1.807) is 7.05 Å². The van der Waals surface area contributed by atoms with E-state index in [4.69, 9.17) is 4.74 Å². The Kier molecular flexibility index (Phi) is 4.76. The minimum Gasteiger partial charge on any atom is -0.463 e. The van der Waals surface area contributed by atoms with Gasteiger partial charge in [-0.05, 0) is 18.8 Å². The molecule has 1 aromatic rings. The molecule has 6 nitrogen and oxygen atoms in total. The van der Waals surface area contributed by atoms with E-state index in [2.05, 4.69) is 20.3 Å². The molecule has 1 aromatic heterocycles. The molecule has 0 radical (unpaired) electrons. The Morgan fingerprint density at radius 1 is 1.16 bits per heavy atom. The van der Waals surface area contributed by atoms with Crippen LogP contribution in [0.3, 0.4) is 0 Å². The summed E-state index contributed by atoms with van der Waals surface area (Å²) >= 11 is 0. The summed E-state index contributed by atoms with van der Waals surface area (Å²) < 4.78 is 5.75. The minimum absolute atomic E-state index is 0.411. The Hall–Kier alpha value is -1.59. The fourth-order valence-corrected chi connectivity index (χ4v) is 2.27.